The summed E-state index contributed by atoms with van der Waals surface area (Å²) in [7, 11) is 0. The predicted molar refractivity (Wildman–Crippen MR) is 58.5 cm³/mol. The average molecular weight is 208 g/mol. The molecule has 0 saturated heterocycles. The van der Waals surface area contributed by atoms with Gasteiger partial charge in [0.2, 0.25) is 0 Å². The molecule has 80 valence electrons. The van der Waals surface area contributed by atoms with Gasteiger partial charge in [-0.05, 0) is 6.07 Å². The number of aliphatic imine (C=N–C) groups is 1. The fourth-order valence-corrected chi connectivity index (χ4v) is 1.14. The van der Waals surface area contributed by atoms with Crippen molar-refractivity contribution in [2.75, 3.05) is 6.54 Å². The Kier molecular flexibility index (Phi) is 3.79. The van der Waals surface area contributed by atoms with Gasteiger partial charge in [-0.25, -0.2) is 4.39 Å². The zero-order valence-electron chi connectivity index (χ0n) is 8.20. The van der Waals surface area contributed by atoms with Crippen molar-refractivity contribution in [3.05, 3.63) is 35.6 Å². The molecule has 0 saturated carbocycles. The van der Waals surface area contributed by atoms with Crippen LogP contribution in [-0.4, -0.2) is 18.2 Å². The first-order chi connectivity index (χ1) is 7.11. The largest absolute Gasteiger partial charge is 0.370 e. The van der Waals surface area contributed by atoms with E-state index in [1.807, 2.05) is 0 Å². The van der Waals surface area contributed by atoms with E-state index in [9.17, 15) is 4.39 Å². The molecule has 1 rings (SSSR count). The zero-order valence-corrected chi connectivity index (χ0v) is 8.20. The van der Waals surface area contributed by atoms with Crippen LogP contribution in [0.3, 0.4) is 0 Å². The third-order valence-electron chi connectivity index (χ3n) is 1.86. The number of rotatable bonds is 4. The van der Waals surface area contributed by atoms with Crippen molar-refractivity contribution in [3.63, 3.8) is 0 Å². The predicted octanol–water partition coefficient (Wildman–Crippen LogP) is 0.857. The fourth-order valence-electron chi connectivity index (χ4n) is 1.14. The second kappa shape index (κ2) is 5.09. The average Bonchev–Trinajstić information content (AvgIpc) is 2.17. The van der Waals surface area contributed by atoms with Crippen LogP contribution >= 0.6 is 0 Å². The van der Waals surface area contributed by atoms with E-state index in [2.05, 4.69) is 4.99 Å². The highest BCUT2D eigenvalue weighted by Gasteiger charge is 2.05. The Morgan fingerprint density at radius 1 is 1.33 bits per heavy atom. The van der Waals surface area contributed by atoms with Gasteiger partial charge in [0.25, 0.3) is 0 Å². The van der Waals surface area contributed by atoms with Crippen LogP contribution < -0.4 is 11.5 Å². The summed E-state index contributed by atoms with van der Waals surface area (Å²) >= 11 is 0. The molecule has 0 atom stereocenters. The first-order valence-corrected chi connectivity index (χ1v) is 4.49. The Balaban J connectivity index is 2.62. The van der Waals surface area contributed by atoms with Crippen LogP contribution in [0.5, 0.6) is 0 Å². The highest BCUT2D eigenvalue weighted by molar-refractivity contribution is 5.98. The maximum Gasteiger partial charge on any atom is 0.185 e. The molecule has 0 radical (unpaired) electrons. The van der Waals surface area contributed by atoms with E-state index in [0.717, 1.165) is 0 Å². The maximum atomic E-state index is 13.2. The van der Waals surface area contributed by atoms with E-state index < -0.39 is 5.82 Å². The molecule has 0 aromatic heterocycles. The van der Waals surface area contributed by atoms with E-state index in [1.54, 1.807) is 18.2 Å². The van der Waals surface area contributed by atoms with E-state index in [0.29, 0.717) is 18.5 Å². The number of hydrogen-bond acceptors (Lipinski definition) is 2. The zero-order chi connectivity index (χ0) is 11.3. The molecule has 5 heteroatoms. The lowest BCUT2D eigenvalue weighted by Gasteiger charge is -2.03. The van der Waals surface area contributed by atoms with E-state index in [-0.39, 0.29) is 11.7 Å². The van der Waals surface area contributed by atoms with Gasteiger partial charge < -0.3 is 16.9 Å². The van der Waals surface area contributed by atoms with Crippen molar-refractivity contribution >= 4 is 11.7 Å². The van der Waals surface area contributed by atoms with Gasteiger partial charge in [-0.2, -0.15) is 0 Å². The topological polar surface area (TPSA) is 88.2 Å². The van der Waals surface area contributed by atoms with Gasteiger partial charge in [0.1, 0.15) is 5.82 Å². The molecule has 0 fully saturated rings. The normalized spacial score (nSPS) is 9.67. The summed E-state index contributed by atoms with van der Waals surface area (Å²) in [5, 5.41) is 7.62. The van der Waals surface area contributed by atoms with E-state index >= 15 is 0 Å². The summed E-state index contributed by atoms with van der Waals surface area (Å²) in [5.74, 6) is -0.413. The summed E-state index contributed by atoms with van der Waals surface area (Å²) in [4.78, 5) is 3.73. The molecule has 0 aliphatic heterocycles. The lowest BCUT2D eigenvalue weighted by Crippen LogP contribution is -2.23. The number of benzene rings is 1. The summed E-state index contributed by atoms with van der Waals surface area (Å²) in [6.07, 6.45) is 0.318. The fraction of sp³-hybridized carbons (Fsp3) is 0.200. The number of halogens is 1. The number of nitrogens with zero attached hydrogens (tertiary/aromatic N) is 1. The van der Waals surface area contributed by atoms with Gasteiger partial charge in [0.05, 0.1) is 0 Å². The number of nitrogens with one attached hydrogen (secondary N) is 1. The summed E-state index contributed by atoms with van der Waals surface area (Å²) in [6, 6.07) is 6.16. The molecular weight excluding hydrogens is 195 g/mol. The minimum Gasteiger partial charge on any atom is -0.370 e. The van der Waals surface area contributed by atoms with Crippen molar-refractivity contribution in [2.24, 2.45) is 16.5 Å². The summed E-state index contributed by atoms with van der Waals surface area (Å²) < 4.78 is 13.2. The Bertz CT molecular complexity index is 383. The van der Waals surface area contributed by atoms with Crippen LogP contribution in [0.25, 0.3) is 0 Å². The first-order valence-electron chi connectivity index (χ1n) is 4.49. The molecule has 15 heavy (non-hydrogen) atoms. The van der Waals surface area contributed by atoms with Crippen LogP contribution in [0.15, 0.2) is 29.3 Å². The summed E-state index contributed by atoms with van der Waals surface area (Å²) in [5.41, 5.74) is 10.7. The highest BCUT2D eigenvalue weighted by atomic mass is 19.1. The Labute approximate surface area is 87.3 Å². The first kappa shape index (κ1) is 11.2. The van der Waals surface area contributed by atoms with Crippen molar-refractivity contribution in [2.45, 2.75) is 6.42 Å². The van der Waals surface area contributed by atoms with Crippen LogP contribution in [0.1, 0.15) is 12.0 Å². The molecular formula is C10H13FN4. The maximum absolute atomic E-state index is 13.2. The van der Waals surface area contributed by atoms with Gasteiger partial charge >= 0.3 is 0 Å². The molecule has 0 aliphatic carbocycles. The molecule has 1 aromatic carbocycles. The third-order valence-corrected chi connectivity index (χ3v) is 1.86. The van der Waals surface area contributed by atoms with E-state index in [1.165, 1.54) is 6.07 Å². The number of guanidine groups is 1. The lowest BCUT2D eigenvalue weighted by molar-refractivity contribution is 0.624. The third kappa shape index (κ3) is 3.38. The lowest BCUT2D eigenvalue weighted by atomic mass is 10.1. The molecule has 1 aromatic rings. The monoisotopic (exact) mass is 208 g/mol. The molecule has 0 unspecified atom stereocenters. The Morgan fingerprint density at radius 2 is 2.00 bits per heavy atom. The van der Waals surface area contributed by atoms with Crippen molar-refractivity contribution in [3.8, 4) is 0 Å². The minimum absolute atomic E-state index is 0.0173. The number of hydrogen-bond donors (Lipinski definition) is 3. The molecule has 4 nitrogen and oxygen atoms in total. The van der Waals surface area contributed by atoms with E-state index in [4.69, 9.17) is 16.9 Å². The molecule has 5 N–H and O–H groups in total. The van der Waals surface area contributed by atoms with Gasteiger partial charge in [-0.1, -0.05) is 18.2 Å². The minimum atomic E-state index is -0.396. The van der Waals surface area contributed by atoms with Crippen molar-refractivity contribution in [1.82, 2.24) is 0 Å². The van der Waals surface area contributed by atoms with Crippen molar-refractivity contribution in [1.29, 1.82) is 5.41 Å². The second-order valence-electron chi connectivity index (χ2n) is 3.01. The smallest absolute Gasteiger partial charge is 0.185 e. The van der Waals surface area contributed by atoms with Gasteiger partial charge in [-0.15, -0.1) is 0 Å². The van der Waals surface area contributed by atoms with Crippen molar-refractivity contribution < 1.29 is 4.39 Å². The summed E-state index contributed by atoms with van der Waals surface area (Å²) in [6.45, 7) is 0.301. The second-order valence-corrected chi connectivity index (χ2v) is 3.01. The Morgan fingerprint density at radius 3 is 2.60 bits per heavy atom. The van der Waals surface area contributed by atoms with Gasteiger partial charge in [0.15, 0.2) is 5.96 Å². The molecule has 0 amide bonds. The molecule has 0 aliphatic rings. The molecule has 0 bridgehead atoms. The SMILES string of the molecule is N=C(CCN=C(N)N)c1ccccc1F. The van der Waals surface area contributed by atoms with Gasteiger partial charge in [0, 0.05) is 24.2 Å². The van der Waals surface area contributed by atoms with Crippen LogP contribution in [-0.2, 0) is 0 Å². The van der Waals surface area contributed by atoms with Gasteiger partial charge in [-0.3, -0.25) is 4.99 Å². The molecule has 0 spiro atoms. The van der Waals surface area contributed by atoms with Crippen LogP contribution in [0.4, 0.5) is 4.39 Å². The van der Waals surface area contributed by atoms with Crippen LogP contribution in [0, 0.1) is 11.2 Å². The molecule has 0 heterocycles. The quantitative estimate of drug-likeness (QED) is 0.506. The number of nitrogens with two attached hydrogens (primary N) is 2. The standard InChI is InChI=1S/C10H13FN4/c11-8-4-2-1-3-7(8)9(12)5-6-15-10(13)14/h1-4,12H,5-6H2,(H4,13,14,15). The highest BCUT2D eigenvalue weighted by Crippen LogP contribution is 2.08. The Hall–Kier alpha value is -1.91. The van der Waals surface area contributed by atoms with Crippen LogP contribution in [0.2, 0.25) is 0 Å².